The zero-order valence-electron chi connectivity index (χ0n) is 15.5. The largest absolute Gasteiger partial charge is 0.310 e. The average molecular weight is 341 g/mol. The first-order valence-corrected chi connectivity index (χ1v) is 10.1. The van der Waals surface area contributed by atoms with Gasteiger partial charge < -0.3 is 9.80 Å². The van der Waals surface area contributed by atoms with Crippen molar-refractivity contribution >= 4 is 11.6 Å². The molecule has 0 saturated carbocycles. The number of hydrogen-bond acceptors (Lipinski definition) is 3. The maximum Gasteiger partial charge on any atom is 0.244 e. The minimum atomic E-state index is -0.00230. The van der Waals surface area contributed by atoms with Crippen LogP contribution in [0.3, 0.4) is 0 Å². The zero-order chi connectivity index (χ0) is 17.2. The number of carbonyl (C=O) groups is 1. The number of fused-ring (bicyclic) bond motifs is 1. The Balaban J connectivity index is 1.34. The van der Waals surface area contributed by atoms with Crippen molar-refractivity contribution in [1.82, 2.24) is 9.80 Å². The monoisotopic (exact) mass is 341 g/mol. The molecule has 2 atom stereocenters. The fourth-order valence-corrected chi connectivity index (χ4v) is 4.82. The molecule has 0 N–H and O–H groups in total. The summed E-state index contributed by atoms with van der Waals surface area (Å²) in [6.45, 7) is 8.87. The van der Waals surface area contributed by atoms with Gasteiger partial charge in [0.25, 0.3) is 0 Å². The summed E-state index contributed by atoms with van der Waals surface area (Å²) in [6.07, 6.45) is 6.35. The van der Waals surface area contributed by atoms with Gasteiger partial charge in [-0.3, -0.25) is 9.69 Å². The summed E-state index contributed by atoms with van der Waals surface area (Å²) in [4.78, 5) is 20.1. The second-order valence-electron chi connectivity index (χ2n) is 8.06. The molecule has 4 rings (SSSR count). The zero-order valence-corrected chi connectivity index (χ0v) is 15.5. The highest BCUT2D eigenvalue weighted by Gasteiger charge is 2.34. The van der Waals surface area contributed by atoms with Crippen molar-refractivity contribution in [3.05, 3.63) is 29.8 Å². The molecule has 0 spiro atoms. The van der Waals surface area contributed by atoms with E-state index in [-0.39, 0.29) is 11.9 Å². The Morgan fingerprint density at radius 3 is 2.76 bits per heavy atom. The van der Waals surface area contributed by atoms with Crippen LogP contribution >= 0.6 is 0 Å². The van der Waals surface area contributed by atoms with E-state index in [0.717, 1.165) is 37.7 Å². The molecule has 1 aromatic rings. The van der Waals surface area contributed by atoms with Crippen molar-refractivity contribution < 1.29 is 4.79 Å². The number of para-hydroxylation sites is 1. The van der Waals surface area contributed by atoms with Crippen LogP contribution in [-0.4, -0.2) is 61.0 Å². The summed E-state index contributed by atoms with van der Waals surface area (Å²) < 4.78 is 0. The Bertz CT molecular complexity index is 611. The predicted octanol–water partition coefficient (Wildman–Crippen LogP) is 2.77. The molecular formula is C21H31N3O. The lowest BCUT2D eigenvalue weighted by Crippen LogP contribution is -2.46. The Morgan fingerprint density at radius 1 is 1.12 bits per heavy atom. The van der Waals surface area contributed by atoms with Gasteiger partial charge in [0.1, 0.15) is 0 Å². The Kier molecular flexibility index (Phi) is 5.09. The Hall–Kier alpha value is -1.39. The van der Waals surface area contributed by atoms with Crippen molar-refractivity contribution in [1.29, 1.82) is 0 Å². The van der Waals surface area contributed by atoms with E-state index >= 15 is 0 Å². The van der Waals surface area contributed by atoms with Gasteiger partial charge in [0.15, 0.2) is 0 Å². The van der Waals surface area contributed by atoms with Crippen molar-refractivity contribution in [2.75, 3.05) is 44.2 Å². The molecule has 0 aromatic heterocycles. The van der Waals surface area contributed by atoms with Gasteiger partial charge in [0.2, 0.25) is 5.91 Å². The highest BCUT2D eigenvalue weighted by Crippen LogP contribution is 2.29. The molecule has 3 aliphatic heterocycles. The van der Waals surface area contributed by atoms with Crippen molar-refractivity contribution in [3.63, 3.8) is 0 Å². The normalized spacial score (nSPS) is 26.0. The van der Waals surface area contributed by atoms with E-state index in [1.54, 1.807) is 0 Å². The lowest BCUT2D eigenvalue weighted by atomic mass is 10.1. The first kappa shape index (κ1) is 17.0. The standard InChI is InChI=1S/C21H31N3O/c1-17(21(25)24-14-10-19-7-3-4-8-20(19)24)23-13-9-18(16-23)15-22-11-5-2-6-12-22/h3-4,7-8,17-18H,2,5-6,9-16H2,1H3/t17-,18-/m1/s1. The quantitative estimate of drug-likeness (QED) is 0.842. The van der Waals surface area contributed by atoms with Gasteiger partial charge in [0.05, 0.1) is 6.04 Å². The smallest absolute Gasteiger partial charge is 0.244 e. The topological polar surface area (TPSA) is 26.8 Å². The molecule has 25 heavy (non-hydrogen) atoms. The second kappa shape index (κ2) is 7.46. The Labute approximate surface area is 151 Å². The van der Waals surface area contributed by atoms with Gasteiger partial charge in [-0.15, -0.1) is 0 Å². The summed E-state index contributed by atoms with van der Waals surface area (Å²) in [5, 5.41) is 0. The third-order valence-corrected chi connectivity index (χ3v) is 6.34. The third-order valence-electron chi connectivity index (χ3n) is 6.34. The van der Waals surface area contributed by atoms with Crippen LogP contribution in [0.2, 0.25) is 0 Å². The lowest BCUT2D eigenvalue weighted by Gasteiger charge is -2.30. The van der Waals surface area contributed by atoms with Gasteiger partial charge in [-0.25, -0.2) is 0 Å². The molecular weight excluding hydrogens is 310 g/mol. The van der Waals surface area contributed by atoms with E-state index in [9.17, 15) is 4.79 Å². The van der Waals surface area contributed by atoms with Gasteiger partial charge in [-0.2, -0.15) is 0 Å². The van der Waals surface area contributed by atoms with Crippen molar-refractivity contribution in [2.24, 2.45) is 5.92 Å². The molecule has 2 fully saturated rings. The van der Waals surface area contributed by atoms with Crippen LogP contribution in [0.4, 0.5) is 5.69 Å². The number of anilines is 1. The highest BCUT2D eigenvalue weighted by atomic mass is 16.2. The van der Waals surface area contributed by atoms with Gasteiger partial charge in [0, 0.05) is 25.3 Å². The number of nitrogens with zero attached hydrogens (tertiary/aromatic N) is 3. The lowest BCUT2D eigenvalue weighted by molar-refractivity contribution is -0.122. The number of benzene rings is 1. The molecule has 4 nitrogen and oxygen atoms in total. The van der Waals surface area contributed by atoms with Crippen LogP contribution in [0.1, 0.15) is 38.2 Å². The Morgan fingerprint density at radius 2 is 1.92 bits per heavy atom. The maximum atomic E-state index is 13.1. The summed E-state index contributed by atoms with van der Waals surface area (Å²) in [6, 6.07) is 8.35. The van der Waals surface area contributed by atoms with Crippen molar-refractivity contribution in [3.8, 4) is 0 Å². The molecule has 0 aliphatic carbocycles. The van der Waals surface area contributed by atoms with Crippen LogP contribution < -0.4 is 4.90 Å². The first-order chi connectivity index (χ1) is 12.2. The van der Waals surface area contributed by atoms with E-state index in [2.05, 4.69) is 34.9 Å². The molecule has 0 bridgehead atoms. The van der Waals surface area contributed by atoms with E-state index in [4.69, 9.17) is 0 Å². The summed E-state index contributed by atoms with van der Waals surface area (Å²) in [5.41, 5.74) is 2.44. The number of piperidine rings is 1. The number of amides is 1. The van der Waals surface area contributed by atoms with Crippen LogP contribution in [0.5, 0.6) is 0 Å². The van der Waals surface area contributed by atoms with E-state index in [1.165, 1.54) is 50.9 Å². The molecule has 4 heteroatoms. The second-order valence-corrected chi connectivity index (χ2v) is 8.06. The van der Waals surface area contributed by atoms with Crippen LogP contribution in [-0.2, 0) is 11.2 Å². The van der Waals surface area contributed by atoms with Gasteiger partial charge in [-0.05, 0) is 69.8 Å². The molecule has 0 radical (unpaired) electrons. The minimum Gasteiger partial charge on any atom is -0.310 e. The summed E-state index contributed by atoms with van der Waals surface area (Å²) in [5.74, 6) is 1.02. The summed E-state index contributed by atoms with van der Waals surface area (Å²) in [7, 11) is 0. The number of likely N-dealkylation sites (tertiary alicyclic amines) is 2. The van der Waals surface area contributed by atoms with Crippen LogP contribution in [0, 0.1) is 5.92 Å². The van der Waals surface area contributed by atoms with E-state index in [1.807, 2.05) is 11.0 Å². The fraction of sp³-hybridized carbons (Fsp3) is 0.667. The average Bonchev–Trinajstić information content (AvgIpc) is 3.28. The number of rotatable bonds is 4. The number of carbonyl (C=O) groups excluding carboxylic acids is 1. The first-order valence-electron chi connectivity index (χ1n) is 10.1. The SMILES string of the molecule is C[C@H](C(=O)N1CCc2ccccc21)N1CC[C@H](CN2CCCCC2)C1. The minimum absolute atomic E-state index is 0.00230. The molecule has 3 heterocycles. The van der Waals surface area contributed by atoms with E-state index in [0.29, 0.717) is 0 Å². The fourth-order valence-electron chi connectivity index (χ4n) is 4.82. The van der Waals surface area contributed by atoms with E-state index < -0.39 is 0 Å². The van der Waals surface area contributed by atoms with Crippen molar-refractivity contribution in [2.45, 2.75) is 45.1 Å². The van der Waals surface area contributed by atoms with Gasteiger partial charge >= 0.3 is 0 Å². The molecule has 2 saturated heterocycles. The molecule has 1 aromatic carbocycles. The third kappa shape index (κ3) is 3.61. The molecule has 3 aliphatic rings. The molecule has 0 unspecified atom stereocenters. The highest BCUT2D eigenvalue weighted by molar-refractivity contribution is 5.98. The van der Waals surface area contributed by atoms with Gasteiger partial charge in [-0.1, -0.05) is 24.6 Å². The maximum absolute atomic E-state index is 13.1. The van der Waals surface area contributed by atoms with Crippen LogP contribution in [0.15, 0.2) is 24.3 Å². The molecule has 1 amide bonds. The van der Waals surface area contributed by atoms with Crippen LogP contribution in [0.25, 0.3) is 0 Å². The summed E-state index contributed by atoms with van der Waals surface area (Å²) >= 11 is 0. The predicted molar refractivity (Wildman–Crippen MR) is 102 cm³/mol. The number of hydrogen-bond donors (Lipinski definition) is 0. The molecule has 136 valence electrons.